The average molecular weight is 267 g/mol. The number of amides is 1. The van der Waals surface area contributed by atoms with Crippen LogP contribution in [0.25, 0.3) is 0 Å². The van der Waals surface area contributed by atoms with Gasteiger partial charge in [0.2, 0.25) is 0 Å². The summed E-state index contributed by atoms with van der Waals surface area (Å²) in [5, 5.41) is 4.39. The molecule has 1 aromatic rings. The lowest BCUT2D eigenvalue weighted by Gasteiger charge is -2.29. The van der Waals surface area contributed by atoms with Crippen molar-refractivity contribution in [2.24, 2.45) is 0 Å². The second-order valence-electron chi connectivity index (χ2n) is 5.09. The topological polar surface area (TPSA) is 45.2 Å². The van der Waals surface area contributed by atoms with Crippen LogP contribution in [0, 0.1) is 6.92 Å². The summed E-state index contributed by atoms with van der Waals surface area (Å²) in [6.45, 7) is 7.94. The van der Waals surface area contributed by atoms with Gasteiger partial charge in [0.25, 0.3) is 5.91 Å². The number of nitrogens with zero attached hydrogens (tertiary/aromatic N) is 2. The van der Waals surface area contributed by atoms with Crippen molar-refractivity contribution in [2.75, 3.05) is 13.1 Å². The van der Waals surface area contributed by atoms with E-state index in [1.54, 1.807) is 6.20 Å². The first-order valence-electron chi connectivity index (χ1n) is 6.54. The summed E-state index contributed by atoms with van der Waals surface area (Å²) >= 11 is 1.48. The fourth-order valence-electron chi connectivity index (χ4n) is 2.28. The van der Waals surface area contributed by atoms with Gasteiger partial charge in [-0.3, -0.25) is 4.79 Å². The Bertz CT molecular complexity index is 410. The Morgan fingerprint density at radius 1 is 1.67 bits per heavy atom. The van der Waals surface area contributed by atoms with Crippen molar-refractivity contribution >= 4 is 17.2 Å². The van der Waals surface area contributed by atoms with E-state index in [1.165, 1.54) is 17.8 Å². The summed E-state index contributed by atoms with van der Waals surface area (Å²) in [6, 6.07) is 0.674. The number of carbonyl (C=O) groups excluding carboxylic acids is 1. The first kappa shape index (κ1) is 13.5. The van der Waals surface area contributed by atoms with E-state index < -0.39 is 0 Å². The molecular formula is C13H21N3OS. The monoisotopic (exact) mass is 267 g/mol. The van der Waals surface area contributed by atoms with E-state index in [9.17, 15) is 4.79 Å². The Morgan fingerprint density at radius 3 is 2.94 bits per heavy atom. The highest BCUT2D eigenvalue weighted by atomic mass is 32.1. The number of thiazole rings is 1. The molecule has 0 radical (unpaired) electrons. The molecule has 4 nitrogen and oxygen atoms in total. The summed E-state index contributed by atoms with van der Waals surface area (Å²) in [5.74, 6) is 0.115. The first-order valence-corrected chi connectivity index (χ1v) is 7.36. The highest BCUT2D eigenvalue weighted by molar-refractivity contribution is 7.13. The maximum atomic E-state index is 12.5. The van der Waals surface area contributed by atoms with Crippen LogP contribution in [0.1, 0.15) is 41.4 Å². The lowest BCUT2D eigenvalue weighted by atomic mass is 10.2. The van der Waals surface area contributed by atoms with Gasteiger partial charge < -0.3 is 10.2 Å². The summed E-state index contributed by atoms with van der Waals surface area (Å²) < 4.78 is 0. The third kappa shape index (κ3) is 3.09. The molecule has 0 aromatic carbocycles. The molecule has 0 bridgehead atoms. The van der Waals surface area contributed by atoms with Gasteiger partial charge in [-0.25, -0.2) is 4.98 Å². The molecule has 2 rings (SSSR count). The van der Waals surface area contributed by atoms with Crippen molar-refractivity contribution in [3.63, 3.8) is 0 Å². The van der Waals surface area contributed by atoms with Crippen LogP contribution in [-0.4, -0.2) is 41.0 Å². The lowest BCUT2D eigenvalue weighted by Crippen LogP contribution is -2.44. The maximum Gasteiger partial charge on any atom is 0.265 e. The molecule has 1 aliphatic heterocycles. The molecule has 1 saturated heterocycles. The zero-order valence-electron chi connectivity index (χ0n) is 11.3. The van der Waals surface area contributed by atoms with Gasteiger partial charge in [0.05, 0.1) is 11.2 Å². The van der Waals surface area contributed by atoms with Gasteiger partial charge in [-0.1, -0.05) is 0 Å². The Labute approximate surface area is 112 Å². The Kier molecular flexibility index (Phi) is 4.35. The van der Waals surface area contributed by atoms with Crippen LogP contribution in [0.15, 0.2) is 6.20 Å². The molecule has 1 fully saturated rings. The van der Waals surface area contributed by atoms with Crippen LogP contribution >= 0.6 is 11.3 Å². The van der Waals surface area contributed by atoms with Crippen LogP contribution in [-0.2, 0) is 0 Å². The maximum absolute atomic E-state index is 12.5. The number of rotatable bonds is 4. The molecule has 5 heteroatoms. The molecule has 1 aliphatic rings. The first-order chi connectivity index (χ1) is 8.58. The van der Waals surface area contributed by atoms with Gasteiger partial charge in [-0.05, 0) is 40.2 Å². The predicted molar refractivity (Wildman–Crippen MR) is 74.0 cm³/mol. The number of nitrogens with one attached hydrogen (secondary N) is 1. The highest BCUT2D eigenvalue weighted by Gasteiger charge is 2.25. The van der Waals surface area contributed by atoms with Crippen molar-refractivity contribution in [3.05, 3.63) is 16.1 Å². The van der Waals surface area contributed by atoms with E-state index in [2.05, 4.69) is 24.1 Å². The van der Waals surface area contributed by atoms with Crippen molar-refractivity contribution in [1.29, 1.82) is 0 Å². The predicted octanol–water partition coefficient (Wildman–Crippen LogP) is 2.05. The van der Waals surface area contributed by atoms with E-state index >= 15 is 0 Å². The number of aryl methyl sites for hydroxylation is 1. The fraction of sp³-hybridized carbons (Fsp3) is 0.692. The molecule has 2 heterocycles. The van der Waals surface area contributed by atoms with Crippen LogP contribution < -0.4 is 5.32 Å². The summed E-state index contributed by atoms with van der Waals surface area (Å²) in [6.07, 6.45) is 4.07. The largest absolute Gasteiger partial charge is 0.334 e. The Balaban J connectivity index is 2.06. The van der Waals surface area contributed by atoms with Gasteiger partial charge >= 0.3 is 0 Å². The molecule has 18 heavy (non-hydrogen) atoms. The quantitative estimate of drug-likeness (QED) is 0.908. The van der Waals surface area contributed by atoms with Crippen molar-refractivity contribution in [1.82, 2.24) is 15.2 Å². The molecule has 1 aromatic heterocycles. The molecular weight excluding hydrogens is 246 g/mol. The Hall–Kier alpha value is -0.940. The van der Waals surface area contributed by atoms with E-state index in [4.69, 9.17) is 0 Å². The Morgan fingerprint density at radius 2 is 2.44 bits per heavy atom. The van der Waals surface area contributed by atoms with Gasteiger partial charge in [0.15, 0.2) is 0 Å². The zero-order chi connectivity index (χ0) is 13.1. The van der Waals surface area contributed by atoms with Crippen molar-refractivity contribution in [2.45, 2.75) is 45.7 Å². The minimum absolute atomic E-state index is 0.115. The van der Waals surface area contributed by atoms with E-state index in [1.807, 2.05) is 11.8 Å². The van der Waals surface area contributed by atoms with E-state index in [-0.39, 0.29) is 11.9 Å². The van der Waals surface area contributed by atoms with Gasteiger partial charge in [0, 0.05) is 18.6 Å². The lowest BCUT2D eigenvalue weighted by molar-refractivity contribution is 0.0694. The molecule has 1 unspecified atom stereocenters. The molecule has 0 saturated carbocycles. The van der Waals surface area contributed by atoms with Gasteiger partial charge in [-0.15, -0.1) is 11.3 Å². The highest BCUT2D eigenvalue weighted by Crippen LogP contribution is 2.17. The number of hydrogen-bond donors (Lipinski definition) is 1. The normalized spacial score (nSPS) is 19.4. The second-order valence-corrected chi connectivity index (χ2v) is 6.32. The van der Waals surface area contributed by atoms with Crippen LogP contribution in [0.3, 0.4) is 0 Å². The molecule has 1 amide bonds. The number of carbonyl (C=O) groups is 1. The van der Waals surface area contributed by atoms with Crippen LogP contribution in [0.5, 0.6) is 0 Å². The van der Waals surface area contributed by atoms with Gasteiger partial charge in [0.1, 0.15) is 4.88 Å². The molecule has 1 atom stereocenters. The molecule has 1 N–H and O–H groups in total. The molecule has 100 valence electrons. The standard InChI is InChI=1S/C13H21N3OS/c1-9(2)16(8-11-5-4-6-14-11)13(17)12-7-15-10(3)18-12/h7,9,11,14H,4-6,8H2,1-3H3. The average Bonchev–Trinajstić information content (AvgIpc) is 2.95. The fourth-order valence-corrected chi connectivity index (χ4v) is 3.01. The van der Waals surface area contributed by atoms with Crippen molar-refractivity contribution in [3.8, 4) is 0 Å². The smallest absolute Gasteiger partial charge is 0.265 e. The van der Waals surface area contributed by atoms with Crippen LogP contribution in [0.2, 0.25) is 0 Å². The third-order valence-electron chi connectivity index (χ3n) is 3.30. The SMILES string of the molecule is Cc1ncc(C(=O)N(CC2CCCN2)C(C)C)s1. The summed E-state index contributed by atoms with van der Waals surface area (Å²) in [4.78, 5) is 19.3. The molecule has 0 spiro atoms. The zero-order valence-corrected chi connectivity index (χ0v) is 12.1. The number of aromatic nitrogens is 1. The summed E-state index contributed by atoms with van der Waals surface area (Å²) in [7, 11) is 0. The minimum Gasteiger partial charge on any atom is -0.334 e. The number of hydrogen-bond acceptors (Lipinski definition) is 4. The van der Waals surface area contributed by atoms with E-state index in [0.29, 0.717) is 6.04 Å². The van der Waals surface area contributed by atoms with E-state index in [0.717, 1.165) is 29.4 Å². The third-order valence-corrected chi connectivity index (χ3v) is 4.20. The molecule has 0 aliphatic carbocycles. The van der Waals surface area contributed by atoms with Gasteiger partial charge in [-0.2, -0.15) is 0 Å². The second kappa shape index (κ2) is 5.80. The van der Waals surface area contributed by atoms with Crippen LogP contribution in [0.4, 0.5) is 0 Å². The minimum atomic E-state index is 0.115. The summed E-state index contributed by atoms with van der Waals surface area (Å²) in [5.41, 5.74) is 0. The van der Waals surface area contributed by atoms with Crippen molar-refractivity contribution < 1.29 is 4.79 Å².